The first kappa shape index (κ1) is 13.2. The molecule has 1 saturated heterocycles. The van der Waals surface area contributed by atoms with Gasteiger partial charge in [0.15, 0.2) is 0 Å². The van der Waals surface area contributed by atoms with Crippen LogP contribution in [0.3, 0.4) is 0 Å². The lowest BCUT2D eigenvalue weighted by atomic mass is 10.2. The first-order valence-corrected chi connectivity index (χ1v) is 7.73. The number of hydrogen-bond acceptors (Lipinski definition) is 4. The van der Waals surface area contributed by atoms with E-state index in [9.17, 15) is 9.59 Å². The van der Waals surface area contributed by atoms with Crippen LogP contribution in [-0.2, 0) is 16.0 Å². The minimum atomic E-state index is -0.0337. The van der Waals surface area contributed by atoms with Crippen LogP contribution in [0.25, 0.3) is 10.2 Å². The molecule has 5 heteroatoms. The van der Waals surface area contributed by atoms with Gasteiger partial charge in [-0.2, -0.15) is 0 Å². The number of amides is 2. The van der Waals surface area contributed by atoms with Gasteiger partial charge in [-0.15, -0.1) is 11.3 Å². The number of hydrogen-bond donors (Lipinski definition) is 0. The second-order valence-corrected chi connectivity index (χ2v) is 6.09. The molecule has 3 rings (SSSR count). The lowest BCUT2D eigenvalue weighted by Crippen LogP contribution is -2.36. The predicted molar refractivity (Wildman–Crippen MR) is 78.5 cm³/mol. The molecule has 2 amide bonds. The molecule has 1 aromatic heterocycles. The Labute approximate surface area is 121 Å². The maximum atomic E-state index is 11.9. The van der Waals surface area contributed by atoms with E-state index in [-0.39, 0.29) is 11.8 Å². The normalized spacial score (nSPS) is 16.7. The lowest BCUT2D eigenvalue weighted by Gasteiger charge is -2.17. The zero-order valence-electron chi connectivity index (χ0n) is 11.2. The van der Waals surface area contributed by atoms with E-state index in [1.807, 2.05) is 24.3 Å². The van der Waals surface area contributed by atoms with Gasteiger partial charge in [-0.3, -0.25) is 14.5 Å². The molecule has 0 aliphatic carbocycles. The van der Waals surface area contributed by atoms with Gasteiger partial charge in [0, 0.05) is 25.8 Å². The van der Waals surface area contributed by atoms with Gasteiger partial charge >= 0.3 is 0 Å². The minimum Gasteiger partial charge on any atom is -0.282 e. The second kappa shape index (κ2) is 5.71. The van der Waals surface area contributed by atoms with E-state index in [2.05, 4.69) is 4.98 Å². The number of carbonyl (C=O) groups is 2. The maximum Gasteiger partial charge on any atom is 0.229 e. The van der Waals surface area contributed by atoms with Gasteiger partial charge < -0.3 is 0 Å². The fraction of sp³-hybridized carbons (Fsp3) is 0.400. The molecule has 2 heterocycles. The average molecular weight is 288 g/mol. The highest BCUT2D eigenvalue weighted by Gasteiger charge is 2.23. The zero-order valence-corrected chi connectivity index (χ0v) is 12.0. The van der Waals surface area contributed by atoms with Crippen molar-refractivity contribution in [2.24, 2.45) is 0 Å². The van der Waals surface area contributed by atoms with Crippen molar-refractivity contribution in [2.75, 3.05) is 6.54 Å². The third-order valence-electron chi connectivity index (χ3n) is 3.52. The lowest BCUT2D eigenvalue weighted by molar-refractivity contribution is -0.143. The molecule has 4 nitrogen and oxygen atoms in total. The molecule has 1 aliphatic heterocycles. The monoisotopic (exact) mass is 288 g/mol. The van der Waals surface area contributed by atoms with E-state index in [0.717, 1.165) is 28.1 Å². The summed E-state index contributed by atoms with van der Waals surface area (Å²) in [6.07, 6.45) is 3.28. The molecular weight excluding hydrogens is 272 g/mol. The van der Waals surface area contributed by atoms with Crippen LogP contribution in [0.4, 0.5) is 0 Å². The third-order valence-corrected chi connectivity index (χ3v) is 4.62. The molecule has 0 N–H and O–H groups in total. The maximum absolute atomic E-state index is 11.9. The van der Waals surface area contributed by atoms with Crippen molar-refractivity contribution in [3.8, 4) is 0 Å². The topological polar surface area (TPSA) is 50.3 Å². The minimum absolute atomic E-state index is 0.0337. The van der Waals surface area contributed by atoms with Crippen LogP contribution in [0, 0.1) is 0 Å². The Balaban J connectivity index is 1.71. The van der Waals surface area contributed by atoms with Crippen molar-refractivity contribution in [1.29, 1.82) is 0 Å². The Morgan fingerprint density at radius 2 is 1.80 bits per heavy atom. The molecule has 1 aromatic carbocycles. The van der Waals surface area contributed by atoms with Crippen LogP contribution in [0.1, 0.15) is 30.7 Å². The van der Waals surface area contributed by atoms with Gasteiger partial charge in [-0.25, -0.2) is 4.98 Å². The summed E-state index contributed by atoms with van der Waals surface area (Å²) in [5.41, 5.74) is 0.987. The number of nitrogens with zero attached hydrogens (tertiary/aromatic N) is 2. The van der Waals surface area contributed by atoms with Crippen molar-refractivity contribution in [3.63, 3.8) is 0 Å². The molecular formula is C15H16N2O2S. The quantitative estimate of drug-likeness (QED) is 0.816. The summed E-state index contributed by atoms with van der Waals surface area (Å²) in [4.78, 5) is 29.8. The van der Waals surface area contributed by atoms with E-state index < -0.39 is 0 Å². The number of rotatable bonds is 3. The summed E-state index contributed by atoms with van der Waals surface area (Å²) >= 11 is 1.63. The van der Waals surface area contributed by atoms with Gasteiger partial charge in [0.1, 0.15) is 0 Å². The molecule has 20 heavy (non-hydrogen) atoms. The number of fused-ring (bicyclic) bond motifs is 1. The molecule has 2 aromatic rings. The van der Waals surface area contributed by atoms with Gasteiger partial charge in [0.2, 0.25) is 11.8 Å². The van der Waals surface area contributed by atoms with Gasteiger partial charge in [-0.05, 0) is 25.0 Å². The van der Waals surface area contributed by atoms with Crippen LogP contribution >= 0.6 is 11.3 Å². The SMILES string of the molecule is O=C1CCCCC(=O)N1CCc1nc2ccccc2s1. The Morgan fingerprint density at radius 3 is 2.50 bits per heavy atom. The number of benzene rings is 1. The molecule has 1 aliphatic rings. The standard InChI is InChI=1S/C15H16N2O2S/c18-14-7-3-4-8-15(19)17(14)10-9-13-16-11-5-1-2-6-12(11)20-13/h1-2,5-6H,3-4,7-10H2. The first-order chi connectivity index (χ1) is 9.74. The third kappa shape index (κ3) is 2.72. The Hall–Kier alpha value is -1.75. The van der Waals surface area contributed by atoms with E-state index in [0.29, 0.717) is 25.8 Å². The summed E-state index contributed by atoms with van der Waals surface area (Å²) in [7, 11) is 0. The van der Waals surface area contributed by atoms with Crippen molar-refractivity contribution in [3.05, 3.63) is 29.3 Å². The van der Waals surface area contributed by atoms with Crippen molar-refractivity contribution in [2.45, 2.75) is 32.1 Å². The highest BCUT2D eigenvalue weighted by Crippen LogP contribution is 2.22. The molecule has 0 radical (unpaired) electrons. The Morgan fingerprint density at radius 1 is 1.10 bits per heavy atom. The van der Waals surface area contributed by atoms with Crippen molar-refractivity contribution < 1.29 is 9.59 Å². The van der Waals surface area contributed by atoms with Gasteiger partial charge in [0.05, 0.1) is 15.2 Å². The number of para-hydroxylation sites is 1. The van der Waals surface area contributed by atoms with Crippen LogP contribution in [0.2, 0.25) is 0 Å². The number of thiazole rings is 1. The van der Waals surface area contributed by atoms with Crippen LogP contribution < -0.4 is 0 Å². The molecule has 0 atom stereocenters. The molecule has 0 saturated carbocycles. The van der Waals surface area contributed by atoms with Crippen molar-refractivity contribution in [1.82, 2.24) is 9.88 Å². The summed E-state index contributed by atoms with van der Waals surface area (Å²) in [6, 6.07) is 7.98. The van der Waals surface area contributed by atoms with E-state index in [4.69, 9.17) is 0 Å². The molecule has 0 bridgehead atoms. The number of likely N-dealkylation sites (tertiary alicyclic amines) is 1. The fourth-order valence-electron chi connectivity index (χ4n) is 2.45. The largest absolute Gasteiger partial charge is 0.282 e. The summed E-state index contributed by atoms with van der Waals surface area (Å²) < 4.78 is 1.15. The van der Waals surface area contributed by atoms with Crippen molar-refractivity contribution >= 4 is 33.4 Å². The zero-order chi connectivity index (χ0) is 13.9. The summed E-state index contributed by atoms with van der Waals surface area (Å²) in [5, 5.41) is 0.982. The Bertz CT molecular complexity index is 599. The van der Waals surface area contributed by atoms with E-state index >= 15 is 0 Å². The predicted octanol–water partition coefficient (Wildman–Crippen LogP) is 2.77. The van der Waals surface area contributed by atoms with Crippen LogP contribution in [0.5, 0.6) is 0 Å². The molecule has 1 fully saturated rings. The number of carbonyl (C=O) groups excluding carboxylic acids is 2. The summed E-state index contributed by atoms with van der Waals surface area (Å²) in [6.45, 7) is 0.456. The molecule has 104 valence electrons. The van der Waals surface area contributed by atoms with E-state index in [1.54, 1.807) is 11.3 Å². The average Bonchev–Trinajstić information content (AvgIpc) is 2.79. The second-order valence-electron chi connectivity index (χ2n) is 4.97. The summed E-state index contributed by atoms with van der Waals surface area (Å²) in [5.74, 6) is -0.0674. The highest BCUT2D eigenvalue weighted by molar-refractivity contribution is 7.18. The first-order valence-electron chi connectivity index (χ1n) is 6.92. The van der Waals surface area contributed by atoms with Gasteiger partial charge in [0.25, 0.3) is 0 Å². The fourth-order valence-corrected chi connectivity index (χ4v) is 3.40. The number of imide groups is 1. The number of aromatic nitrogens is 1. The van der Waals surface area contributed by atoms with Crippen LogP contribution in [0.15, 0.2) is 24.3 Å². The highest BCUT2D eigenvalue weighted by atomic mass is 32.1. The van der Waals surface area contributed by atoms with Crippen LogP contribution in [-0.4, -0.2) is 28.2 Å². The Kier molecular flexibility index (Phi) is 3.78. The van der Waals surface area contributed by atoms with E-state index in [1.165, 1.54) is 4.90 Å². The molecule has 0 unspecified atom stereocenters. The molecule has 0 spiro atoms. The van der Waals surface area contributed by atoms with Gasteiger partial charge in [-0.1, -0.05) is 12.1 Å². The smallest absolute Gasteiger partial charge is 0.229 e.